The number of alkyl halides is 3. The van der Waals surface area contributed by atoms with E-state index >= 15 is 0 Å². The Bertz CT molecular complexity index is 1090. The van der Waals surface area contributed by atoms with E-state index in [2.05, 4.69) is 10.6 Å². The number of halogens is 3. The van der Waals surface area contributed by atoms with Crippen LogP contribution in [0.25, 0.3) is 0 Å². The molecule has 3 aromatic rings. The Morgan fingerprint density at radius 3 is 2.19 bits per heavy atom. The molecule has 0 saturated heterocycles. The highest BCUT2D eigenvalue weighted by Gasteiger charge is 2.30. The first-order valence-electron chi connectivity index (χ1n) is 9.82. The first kappa shape index (κ1) is 23.0. The van der Waals surface area contributed by atoms with Gasteiger partial charge in [0.05, 0.1) is 12.1 Å². The van der Waals surface area contributed by atoms with Crippen LogP contribution in [-0.2, 0) is 17.5 Å². The van der Waals surface area contributed by atoms with E-state index in [9.17, 15) is 22.8 Å². The molecule has 5 nitrogen and oxygen atoms in total. The van der Waals surface area contributed by atoms with E-state index in [1.54, 1.807) is 12.1 Å². The molecule has 0 atom stereocenters. The van der Waals surface area contributed by atoms with E-state index in [1.165, 1.54) is 24.3 Å². The van der Waals surface area contributed by atoms with Gasteiger partial charge in [0.15, 0.2) is 0 Å². The largest absolute Gasteiger partial charge is 0.416 e. The Hall–Kier alpha value is -3.65. The summed E-state index contributed by atoms with van der Waals surface area (Å²) in [7, 11) is 1.82. The maximum absolute atomic E-state index is 12.9. The van der Waals surface area contributed by atoms with Gasteiger partial charge in [-0.05, 0) is 49.0 Å². The van der Waals surface area contributed by atoms with E-state index in [4.69, 9.17) is 0 Å². The van der Waals surface area contributed by atoms with Crippen LogP contribution in [0.3, 0.4) is 0 Å². The first-order valence-corrected chi connectivity index (χ1v) is 9.82. The topological polar surface area (TPSA) is 61.4 Å². The number of hydrogen-bond donors (Lipinski definition) is 2. The molecule has 32 heavy (non-hydrogen) atoms. The highest BCUT2D eigenvalue weighted by atomic mass is 19.4. The fourth-order valence-corrected chi connectivity index (χ4v) is 3.11. The summed E-state index contributed by atoms with van der Waals surface area (Å²) in [6.45, 7) is 0.753. The van der Waals surface area contributed by atoms with E-state index in [0.29, 0.717) is 12.2 Å². The molecule has 0 unspecified atom stereocenters. The Morgan fingerprint density at radius 1 is 0.844 bits per heavy atom. The van der Waals surface area contributed by atoms with Crippen LogP contribution in [0.5, 0.6) is 0 Å². The number of likely N-dealkylation sites (N-methyl/N-ethyl adjacent to an activating group) is 1. The molecule has 0 aliphatic rings. The Labute approximate surface area is 183 Å². The van der Waals surface area contributed by atoms with E-state index in [-0.39, 0.29) is 23.7 Å². The standard InChI is InChI=1S/C24H22F3N3O2/c1-30(15-17-7-3-2-4-8-17)16-22(31)28-20-11-5-9-18(13-20)23(32)29-21-12-6-10-19(14-21)24(25,26)27/h2-14H,15-16H2,1H3,(H,28,31)(H,29,32). The smallest absolute Gasteiger partial charge is 0.325 e. The van der Waals surface area contributed by atoms with E-state index in [0.717, 1.165) is 17.7 Å². The Morgan fingerprint density at radius 2 is 1.50 bits per heavy atom. The van der Waals surface area contributed by atoms with Crippen LogP contribution in [0.4, 0.5) is 24.5 Å². The molecular weight excluding hydrogens is 419 g/mol. The average Bonchev–Trinajstić information content (AvgIpc) is 2.74. The van der Waals surface area contributed by atoms with Crippen molar-refractivity contribution in [3.63, 3.8) is 0 Å². The van der Waals surface area contributed by atoms with Gasteiger partial charge in [-0.2, -0.15) is 13.2 Å². The lowest BCUT2D eigenvalue weighted by Crippen LogP contribution is -2.29. The quantitative estimate of drug-likeness (QED) is 0.541. The number of carbonyl (C=O) groups is 2. The maximum atomic E-state index is 12.9. The van der Waals surface area contributed by atoms with Crippen molar-refractivity contribution in [2.45, 2.75) is 12.7 Å². The van der Waals surface area contributed by atoms with Gasteiger partial charge in [0, 0.05) is 23.5 Å². The van der Waals surface area contributed by atoms with E-state index < -0.39 is 17.6 Å². The molecule has 0 radical (unpaired) electrons. The van der Waals surface area contributed by atoms with Crippen molar-refractivity contribution in [1.29, 1.82) is 0 Å². The third kappa shape index (κ3) is 6.68. The SMILES string of the molecule is CN(CC(=O)Nc1cccc(C(=O)Nc2cccc(C(F)(F)F)c2)c1)Cc1ccccc1. The summed E-state index contributed by atoms with van der Waals surface area (Å²) in [5.74, 6) is -0.833. The normalized spacial score (nSPS) is 11.3. The lowest BCUT2D eigenvalue weighted by atomic mass is 10.1. The van der Waals surface area contributed by atoms with Crippen LogP contribution in [0.2, 0.25) is 0 Å². The maximum Gasteiger partial charge on any atom is 0.416 e. The second-order valence-corrected chi connectivity index (χ2v) is 7.32. The number of amides is 2. The molecule has 0 aromatic heterocycles. The van der Waals surface area contributed by atoms with Crippen LogP contribution >= 0.6 is 0 Å². The molecular formula is C24H22F3N3O2. The van der Waals surface area contributed by atoms with Crippen molar-refractivity contribution < 1.29 is 22.8 Å². The Kier molecular flexibility index (Phi) is 7.27. The molecule has 0 heterocycles. The summed E-state index contributed by atoms with van der Waals surface area (Å²) in [5, 5.41) is 5.19. The highest BCUT2D eigenvalue weighted by Crippen LogP contribution is 2.30. The predicted molar refractivity (Wildman–Crippen MR) is 117 cm³/mol. The van der Waals surface area contributed by atoms with Crippen LogP contribution in [0, 0.1) is 0 Å². The monoisotopic (exact) mass is 441 g/mol. The van der Waals surface area contributed by atoms with Gasteiger partial charge in [-0.1, -0.05) is 42.5 Å². The van der Waals surface area contributed by atoms with Crippen LogP contribution in [-0.4, -0.2) is 30.3 Å². The summed E-state index contributed by atoms with van der Waals surface area (Å²) >= 11 is 0. The summed E-state index contributed by atoms with van der Waals surface area (Å²) in [5.41, 5.74) is 0.881. The van der Waals surface area contributed by atoms with Crippen LogP contribution in [0.15, 0.2) is 78.9 Å². The first-order chi connectivity index (χ1) is 15.2. The van der Waals surface area contributed by atoms with Crippen molar-refractivity contribution in [2.24, 2.45) is 0 Å². The summed E-state index contributed by atoms with van der Waals surface area (Å²) in [6, 6.07) is 20.3. The molecule has 8 heteroatoms. The molecule has 0 saturated carbocycles. The molecule has 3 rings (SSSR count). The zero-order valence-electron chi connectivity index (χ0n) is 17.3. The number of anilines is 2. The number of nitrogens with one attached hydrogen (secondary N) is 2. The average molecular weight is 441 g/mol. The molecule has 3 aromatic carbocycles. The molecule has 0 aliphatic carbocycles. The minimum Gasteiger partial charge on any atom is -0.325 e. The van der Waals surface area contributed by atoms with Crippen molar-refractivity contribution >= 4 is 23.2 Å². The molecule has 0 aliphatic heterocycles. The number of carbonyl (C=O) groups excluding carboxylic acids is 2. The third-order valence-electron chi connectivity index (χ3n) is 4.57. The van der Waals surface area contributed by atoms with Gasteiger partial charge in [0.2, 0.25) is 5.91 Å². The van der Waals surface area contributed by atoms with Gasteiger partial charge in [0.25, 0.3) is 5.91 Å². The van der Waals surface area contributed by atoms with Crippen molar-refractivity contribution in [2.75, 3.05) is 24.2 Å². The minimum atomic E-state index is -4.50. The minimum absolute atomic E-state index is 0.0294. The zero-order chi connectivity index (χ0) is 23.1. The fraction of sp³-hybridized carbons (Fsp3) is 0.167. The van der Waals surface area contributed by atoms with E-state index in [1.807, 2.05) is 42.3 Å². The van der Waals surface area contributed by atoms with Crippen LogP contribution in [0.1, 0.15) is 21.5 Å². The fourth-order valence-electron chi connectivity index (χ4n) is 3.11. The van der Waals surface area contributed by atoms with Crippen molar-refractivity contribution in [3.8, 4) is 0 Å². The number of nitrogens with zero attached hydrogens (tertiary/aromatic N) is 1. The predicted octanol–water partition coefficient (Wildman–Crippen LogP) is 5.03. The number of benzene rings is 3. The molecule has 166 valence electrons. The number of hydrogen-bond acceptors (Lipinski definition) is 3. The zero-order valence-corrected chi connectivity index (χ0v) is 17.3. The molecule has 2 amide bonds. The second kappa shape index (κ2) is 10.1. The molecule has 0 spiro atoms. The lowest BCUT2D eigenvalue weighted by Gasteiger charge is -2.16. The molecule has 0 fully saturated rings. The molecule has 0 bridgehead atoms. The van der Waals surface area contributed by atoms with Gasteiger partial charge in [-0.25, -0.2) is 0 Å². The highest BCUT2D eigenvalue weighted by molar-refractivity contribution is 6.05. The second-order valence-electron chi connectivity index (χ2n) is 7.32. The van der Waals surface area contributed by atoms with Crippen molar-refractivity contribution in [1.82, 2.24) is 4.90 Å². The van der Waals surface area contributed by atoms with Gasteiger partial charge in [-0.3, -0.25) is 14.5 Å². The third-order valence-corrected chi connectivity index (χ3v) is 4.57. The van der Waals surface area contributed by atoms with Crippen LogP contribution < -0.4 is 10.6 Å². The van der Waals surface area contributed by atoms with Gasteiger partial charge < -0.3 is 10.6 Å². The molecule has 2 N–H and O–H groups in total. The van der Waals surface area contributed by atoms with Gasteiger partial charge >= 0.3 is 6.18 Å². The number of rotatable bonds is 7. The summed E-state index contributed by atoms with van der Waals surface area (Å²) in [6.07, 6.45) is -4.50. The summed E-state index contributed by atoms with van der Waals surface area (Å²) < 4.78 is 38.6. The summed E-state index contributed by atoms with van der Waals surface area (Å²) in [4.78, 5) is 26.7. The van der Waals surface area contributed by atoms with Gasteiger partial charge in [0.1, 0.15) is 0 Å². The van der Waals surface area contributed by atoms with Crippen molar-refractivity contribution in [3.05, 3.63) is 95.6 Å². The Balaban J connectivity index is 1.60. The van der Waals surface area contributed by atoms with Gasteiger partial charge in [-0.15, -0.1) is 0 Å². The lowest BCUT2D eigenvalue weighted by molar-refractivity contribution is -0.137.